The lowest BCUT2D eigenvalue weighted by Crippen LogP contribution is -2.03. The van der Waals surface area contributed by atoms with Gasteiger partial charge < -0.3 is 0 Å². The summed E-state index contributed by atoms with van der Waals surface area (Å²) in [5.74, 6) is -0.300. The Labute approximate surface area is 124 Å². The van der Waals surface area contributed by atoms with Gasteiger partial charge in [-0.2, -0.15) is 0 Å². The molecule has 2 aromatic rings. The average molecular weight is 300 g/mol. The Hall–Kier alpha value is -1.94. The molecule has 0 unspecified atom stereocenters. The van der Waals surface area contributed by atoms with Gasteiger partial charge in [-0.1, -0.05) is 44.2 Å². The first-order valence-electron chi connectivity index (χ1n) is 6.89. The van der Waals surface area contributed by atoms with E-state index in [4.69, 9.17) is 0 Å². The molecule has 0 saturated heterocycles. The molecule has 0 saturated carbocycles. The Kier molecular flexibility index (Phi) is 3.21. The molecular weight excluding hydrogens is 284 g/mol. The van der Waals surface area contributed by atoms with Crippen molar-refractivity contribution in [2.45, 2.75) is 24.7 Å². The van der Waals surface area contributed by atoms with Gasteiger partial charge in [0.25, 0.3) is 0 Å². The van der Waals surface area contributed by atoms with Crippen LogP contribution in [0, 0.1) is 0 Å². The van der Waals surface area contributed by atoms with E-state index in [2.05, 4.69) is 26.0 Å². The molecule has 0 aliphatic carbocycles. The van der Waals surface area contributed by atoms with E-state index in [1.807, 2.05) is 12.1 Å². The van der Waals surface area contributed by atoms with Crippen LogP contribution < -0.4 is 0 Å². The van der Waals surface area contributed by atoms with Crippen molar-refractivity contribution in [3.8, 4) is 11.1 Å². The highest BCUT2D eigenvalue weighted by molar-refractivity contribution is 7.92. The molecule has 0 radical (unpaired) electrons. The number of fused-ring (bicyclic) bond motifs is 1. The van der Waals surface area contributed by atoms with Gasteiger partial charge in [-0.05, 0) is 34.7 Å². The van der Waals surface area contributed by atoms with E-state index in [0.717, 1.165) is 11.1 Å². The molecular formula is C17H16O3S. The molecule has 4 heteroatoms. The zero-order valence-corrected chi connectivity index (χ0v) is 12.8. The van der Waals surface area contributed by atoms with Crippen molar-refractivity contribution in [3.63, 3.8) is 0 Å². The molecule has 0 spiro atoms. The number of benzene rings is 2. The van der Waals surface area contributed by atoms with Crippen LogP contribution in [0.25, 0.3) is 11.1 Å². The number of Topliss-reactive ketones (excluding diaryl/α,β-unsaturated/α-hetero) is 1. The van der Waals surface area contributed by atoms with E-state index in [1.165, 1.54) is 5.56 Å². The number of carbonyl (C=O) groups excluding carboxylic acids is 1. The maximum absolute atomic E-state index is 11.9. The minimum absolute atomic E-state index is 0.163. The third kappa shape index (κ3) is 2.40. The molecule has 0 atom stereocenters. The highest BCUT2D eigenvalue weighted by atomic mass is 32.2. The van der Waals surface area contributed by atoms with Crippen LogP contribution in [0.1, 0.15) is 35.7 Å². The number of ketones is 1. The van der Waals surface area contributed by atoms with Gasteiger partial charge in [0.15, 0.2) is 15.6 Å². The van der Waals surface area contributed by atoms with Crippen molar-refractivity contribution in [3.05, 3.63) is 53.6 Å². The van der Waals surface area contributed by atoms with Crippen LogP contribution >= 0.6 is 0 Å². The van der Waals surface area contributed by atoms with Gasteiger partial charge in [-0.15, -0.1) is 0 Å². The monoisotopic (exact) mass is 300 g/mol. The Balaban J connectivity index is 2.12. The summed E-state index contributed by atoms with van der Waals surface area (Å²) < 4.78 is 23.7. The quantitative estimate of drug-likeness (QED) is 0.853. The lowest BCUT2D eigenvalue weighted by atomic mass is 9.96. The first-order chi connectivity index (χ1) is 9.88. The maximum atomic E-state index is 11.9. The van der Waals surface area contributed by atoms with Gasteiger partial charge >= 0.3 is 0 Å². The van der Waals surface area contributed by atoms with Crippen molar-refractivity contribution in [1.82, 2.24) is 0 Å². The molecule has 108 valence electrons. The average Bonchev–Trinajstić information content (AvgIpc) is 2.68. The summed E-state index contributed by atoms with van der Waals surface area (Å²) in [6.45, 7) is 4.25. The van der Waals surface area contributed by atoms with E-state index < -0.39 is 15.6 Å². The molecule has 2 aromatic carbocycles. The van der Waals surface area contributed by atoms with Crippen molar-refractivity contribution >= 4 is 15.6 Å². The number of hydrogen-bond donors (Lipinski definition) is 0. The van der Waals surface area contributed by atoms with E-state index >= 15 is 0 Å². The number of hydrogen-bond acceptors (Lipinski definition) is 3. The molecule has 1 heterocycles. The van der Waals surface area contributed by atoms with Gasteiger partial charge in [0, 0.05) is 5.56 Å². The largest absolute Gasteiger partial charge is 0.293 e. The fourth-order valence-corrected chi connectivity index (χ4v) is 4.04. The summed E-state index contributed by atoms with van der Waals surface area (Å²) >= 11 is 0. The molecule has 0 amide bonds. The van der Waals surface area contributed by atoms with Crippen LogP contribution in [-0.4, -0.2) is 20.0 Å². The lowest BCUT2D eigenvalue weighted by molar-refractivity contribution is 0.102. The lowest BCUT2D eigenvalue weighted by Gasteiger charge is -2.09. The number of sulfone groups is 1. The predicted molar refractivity (Wildman–Crippen MR) is 82.4 cm³/mol. The fraction of sp³-hybridized carbons (Fsp3) is 0.235. The first-order valence-corrected chi connectivity index (χ1v) is 8.54. The molecule has 1 aliphatic rings. The van der Waals surface area contributed by atoms with Crippen LogP contribution in [-0.2, 0) is 9.84 Å². The second kappa shape index (κ2) is 4.81. The minimum Gasteiger partial charge on any atom is -0.293 e. The summed E-state index contributed by atoms with van der Waals surface area (Å²) in [7, 11) is -3.42. The van der Waals surface area contributed by atoms with Gasteiger partial charge in [-0.3, -0.25) is 4.79 Å². The summed E-state index contributed by atoms with van der Waals surface area (Å²) in [5, 5.41) is 0. The Morgan fingerprint density at radius 3 is 2.43 bits per heavy atom. The highest BCUT2D eigenvalue weighted by Crippen LogP contribution is 2.31. The summed E-state index contributed by atoms with van der Waals surface area (Å²) in [6, 6.07) is 13.1. The van der Waals surface area contributed by atoms with Crippen molar-refractivity contribution in [1.29, 1.82) is 0 Å². The molecule has 3 nitrogen and oxygen atoms in total. The summed E-state index contributed by atoms with van der Waals surface area (Å²) in [4.78, 5) is 12.0. The Morgan fingerprint density at radius 1 is 1.00 bits per heavy atom. The molecule has 0 fully saturated rings. The SMILES string of the molecule is CC(C)c1cccc(-c2ccc3c(c2)C(=O)CS3(=O)=O)c1. The molecule has 0 aromatic heterocycles. The molecule has 0 bridgehead atoms. The van der Waals surface area contributed by atoms with E-state index in [1.54, 1.807) is 18.2 Å². The zero-order valence-electron chi connectivity index (χ0n) is 12.0. The third-order valence-electron chi connectivity index (χ3n) is 3.82. The second-order valence-corrected chi connectivity index (χ2v) is 7.63. The smallest absolute Gasteiger partial charge is 0.186 e. The highest BCUT2D eigenvalue weighted by Gasteiger charge is 2.33. The van der Waals surface area contributed by atoms with E-state index in [0.29, 0.717) is 11.5 Å². The van der Waals surface area contributed by atoms with Gasteiger partial charge in [0.1, 0.15) is 5.75 Å². The summed E-state index contributed by atoms with van der Waals surface area (Å²) in [6.07, 6.45) is 0. The maximum Gasteiger partial charge on any atom is 0.186 e. The molecule has 0 N–H and O–H groups in total. The number of rotatable bonds is 2. The molecule has 3 rings (SSSR count). The first kappa shape index (κ1) is 14.0. The molecule has 1 aliphatic heterocycles. The normalized spacial score (nSPS) is 16.2. The third-order valence-corrected chi connectivity index (χ3v) is 5.49. The predicted octanol–water partition coefficient (Wildman–Crippen LogP) is 3.45. The van der Waals surface area contributed by atoms with Crippen molar-refractivity contribution in [2.24, 2.45) is 0 Å². The van der Waals surface area contributed by atoms with Crippen LogP contribution in [0.4, 0.5) is 0 Å². The van der Waals surface area contributed by atoms with E-state index in [9.17, 15) is 13.2 Å². The standard InChI is InChI=1S/C17H16O3S/c1-11(2)12-4-3-5-13(8-12)14-6-7-17-15(9-14)16(18)10-21(17,19)20/h3-9,11H,10H2,1-2H3. The van der Waals surface area contributed by atoms with Crippen molar-refractivity contribution in [2.75, 3.05) is 5.75 Å². The van der Waals surface area contributed by atoms with Crippen molar-refractivity contribution < 1.29 is 13.2 Å². The van der Waals surface area contributed by atoms with Crippen LogP contribution in [0.3, 0.4) is 0 Å². The topological polar surface area (TPSA) is 51.2 Å². The number of carbonyl (C=O) groups is 1. The van der Waals surface area contributed by atoms with Crippen LogP contribution in [0.5, 0.6) is 0 Å². The summed E-state index contributed by atoms with van der Waals surface area (Å²) in [5.41, 5.74) is 3.41. The fourth-order valence-electron chi connectivity index (χ4n) is 2.60. The van der Waals surface area contributed by atoms with Gasteiger partial charge in [-0.25, -0.2) is 8.42 Å². The van der Waals surface area contributed by atoms with Crippen LogP contribution in [0.2, 0.25) is 0 Å². The van der Waals surface area contributed by atoms with Crippen LogP contribution in [0.15, 0.2) is 47.4 Å². The Bertz CT molecular complexity index is 833. The second-order valence-electron chi connectivity index (χ2n) is 5.67. The minimum atomic E-state index is -3.42. The van der Waals surface area contributed by atoms with E-state index in [-0.39, 0.29) is 10.7 Å². The zero-order chi connectivity index (χ0) is 15.2. The van der Waals surface area contributed by atoms with Gasteiger partial charge in [0.2, 0.25) is 0 Å². The van der Waals surface area contributed by atoms with Gasteiger partial charge in [0.05, 0.1) is 4.90 Å². The Morgan fingerprint density at radius 2 is 1.71 bits per heavy atom. The molecule has 21 heavy (non-hydrogen) atoms.